The number of rotatable bonds is 6. The van der Waals surface area contributed by atoms with Gasteiger partial charge < -0.3 is 10.1 Å². The number of ether oxygens (including phenoxy) is 1. The summed E-state index contributed by atoms with van der Waals surface area (Å²) in [5.41, 5.74) is 2.89. The second-order valence-electron chi connectivity index (χ2n) is 4.82. The van der Waals surface area contributed by atoms with Gasteiger partial charge in [0.05, 0.1) is 7.11 Å². The van der Waals surface area contributed by atoms with Crippen LogP contribution < -0.4 is 10.1 Å². The first-order valence-corrected chi connectivity index (χ1v) is 6.43. The van der Waals surface area contributed by atoms with Crippen LogP contribution in [0.2, 0.25) is 0 Å². The molecule has 0 saturated heterocycles. The minimum atomic E-state index is 0.199. The molecule has 1 N–H and O–H groups in total. The molecule has 1 aromatic carbocycles. The molecular formula is C15H25NO. The summed E-state index contributed by atoms with van der Waals surface area (Å²) in [5.74, 6) is 0.999. The molecular weight excluding hydrogens is 210 g/mol. The lowest BCUT2D eigenvalue weighted by atomic mass is 9.79. The van der Waals surface area contributed by atoms with Gasteiger partial charge in [-0.05, 0) is 37.1 Å². The Bertz CT molecular complexity index is 362. The standard InChI is InChI=1S/C15H25NO/c1-6-12-10-13(8-9-14(12)17-5)15(3,7-2)11-16-4/h8-10,16H,6-7,11H2,1-5H3. The van der Waals surface area contributed by atoms with Crippen molar-refractivity contribution in [1.82, 2.24) is 5.32 Å². The Labute approximate surface area is 105 Å². The molecule has 0 saturated carbocycles. The predicted molar refractivity (Wildman–Crippen MR) is 73.9 cm³/mol. The monoisotopic (exact) mass is 235 g/mol. The Kier molecular flexibility index (Phi) is 5.01. The Balaban J connectivity index is 3.13. The zero-order valence-corrected chi connectivity index (χ0v) is 11.8. The largest absolute Gasteiger partial charge is 0.496 e. The van der Waals surface area contributed by atoms with Crippen LogP contribution >= 0.6 is 0 Å². The molecule has 0 fully saturated rings. The highest BCUT2D eigenvalue weighted by Crippen LogP contribution is 2.30. The van der Waals surface area contributed by atoms with Crippen LogP contribution in [-0.2, 0) is 11.8 Å². The summed E-state index contributed by atoms with van der Waals surface area (Å²) < 4.78 is 5.38. The van der Waals surface area contributed by atoms with Crippen molar-refractivity contribution in [1.29, 1.82) is 0 Å². The SMILES string of the molecule is CCc1cc(C(C)(CC)CNC)ccc1OC. The van der Waals surface area contributed by atoms with Gasteiger partial charge in [-0.25, -0.2) is 0 Å². The lowest BCUT2D eigenvalue weighted by Gasteiger charge is -2.29. The van der Waals surface area contributed by atoms with E-state index in [1.54, 1.807) is 7.11 Å². The van der Waals surface area contributed by atoms with Crippen LogP contribution in [0.1, 0.15) is 38.3 Å². The summed E-state index contributed by atoms with van der Waals surface area (Å²) >= 11 is 0. The number of benzene rings is 1. The molecule has 0 aromatic heterocycles. The normalized spacial score (nSPS) is 14.4. The summed E-state index contributed by atoms with van der Waals surface area (Å²) in [6, 6.07) is 6.58. The van der Waals surface area contributed by atoms with Crippen LogP contribution in [0.15, 0.2) is 18.2 Å². The minimum absolute atomic E-state index is 0.199. The summed E-state index contributed by atoms with van der Waals surface area (Å²) in [5, 5.41) is 3.29. The topological polar surface area (TPSA) is 21.3 Å². The Morgan fingerprint density at radius 3 is 2.47 bits per heavy atom. The van der Waals surface area contributed by atoms with E-state index in [9.17, 15) is 0 Å². The van der Waals surface area contributed by atoms with Crippen LogP contribution in [0, 0.1) is 0 Å². The first kappa shape index (κ1) is 14.0. The molecule has 1 rings (SSSR count). The van der Waals surface area contributed by atoms with Gasteiger partial charge in [-0.15, -0.1) is 0 Å². The molecule has 0 heterocycles. The Morgan fingerprint density at radius 2 is 2.00 bits per heavy atom. The van der Waals surface area contributed by atoms with Crippen molar-refractivity contribution in [2.45, 2.75) is 39.0 Å². The van der Waals surface area contributed by atoms with Crippen molar-refractivity contribution < 1.29 is 4.74 Å². The van der Waals surface area contributed by atoms with Crippen molar-refractivity contribution in [3.8, 4) is 5.75 Å². The zero-order valence-electron chi connectivity index (χ0n) is 11.8. The number of likely N-dealkylation sites (N-methyl/N-ethyl adjacent to an activating group) is 1. The van der Waals surface area contributed by atoms with Crippen LogP contribution in [0.25, 0.3) is 0 Å². The van der Waals surface area contributed by atoms with Gasteiger partial charge >= 0.3 is 0 Å². The second kappa shape index (κ2) is 6.06. The lowest BCUT2D eigenvalue weighted by molar-refractivity contribution is 0.406. The summed E-state index contributed by atoms with van der Waals surface area (Å²) in [6.07, 6.45) is 2.14. The fourth-order valence-corrected chi connectivity index (χ4v) is 2.25. The minimum Gasteiger partial charge on any atom is -0.496 e. The van der Waals surface area contributed by atoms with E-state index < -0.39 is 0 Å². The van der Waals surface area contributed by atoms with Crippen LogP contribution in [-0.4, -0.2) is 20.7 Å². The summed E-state index contributed by atoms with van der Waals surface area (Å²) in [6.45, 7) is 7.72. The van der Waals surface area contributed by atoms with Gasteiger partial charge in [0.2, 0.25) is 0 Å². The Morgan fingerprint density at radius 1 is 1.29 bits per heavy atom. The van der Waals surface area contributed by atoms with Gasteiger partial charge in [0.1, 0.15) is 5.75 Å². The van der Waals surface area contributed by atoms with Crippen LogP contribution in [0.5, 0.6) is 5.75 Å². The van der Waals surface area contributed by atoms with E-state index in [0.29, 0.717) is 0 Å². The molecule has 2 heteroatoms. The maximum atomic E-state index is 5.38. The molecule has 0 aliphatic carbocycles. The smallest absolute Gasteiger partial charge is 0.122 e. The van der Waals surface area contributed by atoms with Gasteiger partial charge in [0, 0.05) is 12.0 Å². The van der Waals surface area contributed by atoms with Crippen molar-refractivity contribution in [2.75, 3.05) is 20.7 Å². The molecule has 0 bridgehead atoms. The van der Waals surface area contributed by atoms with Gasteiger partial charge in [0.25, 0.3) is 0 Å². The van der Waals surface area contributed by atoms with Crippen molar-refractivity contribution in [3.05, 3.63) is 29.3 Å². The average Bonchev–Trinajstić information content (AvgIpc) is 2.38. The molecule has 0 aliphatic heterocycles. The molecule has 1 atom stereocenters. The average molecular weight is 235 g/mol. The van der Waals surface area contributed by atoms with E-state index >= 15 is 0 Å². The highest BCUT2D eigenvalue weighted by atomic mass is 16.5. The van der Waals surface area contributed by atoms with Crippen molar-refractivity contribution >= 4 is 0 Å². The number of hydrogen-bond acceptors (Lipinski definition) is 2. The quantitative estimate of drug-likeness (QED) is 0.818. The number of nitrogens with one attached hydrogen (secondary N) is 1. The molecule has 96 valence electrons. The number of hydrogen-bond donors (Lipinski definition) is 1. The fourth-order valence-electron chi connectivity index (χ4n) is 2.25. The zero-order chi connectivity index (χ0) is 12.9. The molecule has 1 unspecified atom stereocenters. The summed E-state index contributed by atoms with van der Waals surface area (Å²) in [4.78, 5) is 0. The third-order valence-electron chi connectivity index (χ3n) is 3.71. The highest BCUT2D eigenvalue weighted by molar-refractivity contribution is 5.40. The molecule has 0 radical (unpaired) electrons. The predicted octanol–water partition coefficient (Wildman–Crippen LogP) is 3.14. The molecule has 0 aliphatic rings. The van der Waals surface area contributed by atoms with E-state index in [-0.39, 0.29) is 5.41 Å². The maximum absolute atomic E-state index is 5.38. The molecule has 0 spiro atoms. The molecule has 0 amide bonds. The molecule has 2 nitrogen and oxygen atoms in total. The van der Waals surface area contributed by atoms with Crippen LogP contribution in [0.4, 0.5) is 0 Å². The van der Waals surface area contributed by atoms with Crippen LogP contribution in [0.3, 0.4) is 0 Å². The van der Waals surface area contributed by atoms with E-state index in [0.717, 1.165) is 25.1 Å². The number of aryl methyl sites for hydroxylation is 1. The van der Waals surface area contributed by atoms with Gasteiger partial charge in [-0.3, -0.25) is 0 Å². The summed E-state index contributed by atoms with van der Waals surface area (Å²) in [7, 11) is 3.75. The van der Waals surface area contributed by atoms with Gasteiger partial charge in [-0.1, -0.05) is 32.9 Å². The third-order valence-corrected chi connectivity index (χ3v) is 3.71. The lowest BCUT2D eigenvalue weighted by Crippen LogP contribution is -2.33. The van der Waals surface area contributed by atoms with E-state index in [2.05, 4.69) is 44.3 Å². The first-order chi connectivity index (χ1) is 8.11. The number of methoxy groups -OCH3 is 1. The van der Waals surface area contributed by atoms with E-state index in [1.165, 1.54) is 11.1 Å². The van der Waals surface area contributed by atoms with E-state index in [4.69, 9.17) is 4.74 Å². The van der Waals surface area contributed by atoms with Gasteiger partial charge in [0.15, 0.2) is 0 Å². The highest BCUT2D eigenvalue weighted by Gasteiger charge is 2.24. The van der Waals surface area contributed by atoms with Gasteiger partial charge in [-0.2, -0.15) is 0 Å². The fraction of sp³-hybridized carbons (Fsp3) is 0.600. The first-order valence-electron chi connectivity index (χ1n) is 6.43. The van der Waals surface area contributed by atoms with Crippen molar-refractivity contribution in [3.63, 3.8) is 0 Å². The maximum Gasteiger partial charge on any atom is 0.122 e. The molecule has 17 heavy (non-hydrogen) atoms. The molecule has 1 aromatic rings. The third kappa shape index (κ3) is 3.01. The second-order valence-corrected chi connectivity index (χ2v) is 4.82. The van der Waals surface area contributed by atoms with Crippen molar-refractivity contribution in [2.24, 2.45) is 0 Å². The van der Waals surface area contributed by atoms with E-state index in [1.807, 2.05) is 7.05 Å². The Hall–Kier alpha value is -1.02.